The van der Waals surface area contributed by atoms with E-state index >= 15 is 0 Å². The number of hydrogen-bond acceptors (Lipinski definition) is 9. The number of nitrogens with one attached hydrogen (secondary N) is 1. The van der Waals surface area contributed by atoms with E-state index < -0.39 is 23.3 Å². The molecule has 39 heavy (non-hydrogen) atoms. The summed E-state index contributed by atoms with van der Waals surface area (Å²) in [6.07, 6.45) is 7.97. The van der Waals surface area contributed by atoms with Crippen molar-refractivity contribution in [2.45, 2.75) is 44.2 Å². The minimum absolute atomic E-state index is 0.137. The van der Waals surface area contributed by atoms with Crippen LogP contribution in [0.4, 0.5) is 14.7 Å². The van der Waals surface area contributed by atoms with Crippen LogP contribution in [-0.4, -0.2) is 66.8 Å². The molecule has 3 heterocycles. The Morgan fingerprint density at radius 3 is 2.62 bits per heavy atom. The van der Waals surface area contributed by atoms with Gasteiger partial charge in [0, 0.05) is 42.3 Å². The first-order valence-electron chi connectivity index (χ1n) is 12.9. The van der Waals surface area contributed by atoms with Crippen LogP contribution in [0.2, 0.25) is 0 Å². The van der Waals surface area contributed by atoms with Gasteiger partial charge in [0.15, 0.2) is 0 Å². The normalized spacial score (nSPS) is 23.5. The summed E-state index contributed by atoms with van der Waals surface area (Å²) in [5.41, 5.74) is 2.74. The van der Waals surface area contributed by atoms with E-state index in [1.54, 1.807) is 18.6 Å². The molecule has 3 aliphatic rings. The summed E-state index contributed by atoms with van der Waals surface area (Å²) in [5, 5.41) is 30.3. The van der Waals surface area contributed by atoms with Crippen molar-refractivity contribution in [3.05, 3.63) is 77.5 Å². The summed E-state index contributed by atoms with van der Waals surface area (Å²) < 4.78 is 29.1. The van der Waals surface area contributed by atoms with Crippen LogP contribution in [0.15, 0.2) is 54.1 Å². The molecule has 11 heteroatoms. The van der Waals surface area contributed by atoms with Crippen molar-refractivity contribution in [2.24, 2.45) is 10.4 Å². The van der Waals surface area contributed by atoms with E-state index in [-0.39, 0.29) is 35.7 Å². The predicted octanol–water partition coefficient (Wildman–Crippen LogP) is 3.37. The zero-order chi connectivity index (χ0) is 27.4. The molecule has 3 atom stereocenters. The van der Waals surface area contributed by atoms with Crippen LogP contribution in [0, 0.1) is 17.0 Å². The standard InChI is InChI=1S/C28H29F2N7O2/c1-27(2)19-6-7-28(27,25-18(19)10-22(35-36-25)24-20(29)4-3-5-21(24)30)37-9-8-31-23(14-37)16-11-32-26(33-12-16)34-13-17(39)15-38/h3-5,8-12,17,19,38-39H,6-7,13-15H2,1-2H3,(H,32,33,34)/t17-,19+,28-/m1/s1. The summed E-state index contributed by atoms with van der Waals surface area (Å²) in [6, 6.07) is 5.62. The van der Waals surface area contributed by atoms with Gasteiger partial charge in [-0.15, -0.1) is 5.10 Å². The molecule has 0 unspecified atom stereocenters. The van der Waals surface area contributed by atoms with E-state index in [9.17, 15) is 13.9 Å². The molecule has 3 aromatic rings. The fourth-order valence-corrected chi connectivity index (χ4v) is 6.53. The smallest absolute Gasteiger partial charge is 0.222 e. The minimum Gasteiger partial charge on any atom is -0.394 e. The maximum Gasteiger partial charge on any atom is 0.222 e. The second-order valence-electron chi connectivity index (χ2n) is 10.8. The molecule has 2 aliphatic carbocycles. The number of benzene rings is 1. The Kier molecular flexibility index (Phi) is 6.15. The highest BCUT2D eigenvalue weighted by Gasteiger charge is 2.66. The van der Waals surface area contributed by atoms with Gasteiger partial charge in [-0.05, 0) is 42.5 Å². The molecule has 3 N–H and O–H groups in total. The number of hydrogen-bond donors (Lipinski definition) is 3. The van der Waals surface area contributed by atoms with Crippen LogP contribution >= 0.6 is 0 Å². The maximum absolute atomic E-state index is 14.5. The number of aromatic nitrogens is 4. The number of halogens is 2. The number of fused-ring (bicyclic) bond motifs is 5. The van der Waals surface area contributed by atoms with Gasteiger partial charge in [-0.25, -0.2) is 18.7 Å². The third kappa shape index (κ3) is 3.90. The number of rotatable bonds is 7. The van der Waals surface area contributed by atoms with Gasteiger partial charge in [0.2, 0.25) is 5.95 Å². The first-order chi connectivity index (χ1) is 18.8. The number of aliphatic hydroxyl groups excluding tert-OH is 2. The second kappa shape index (κ2) is 9.42. The highest BCUT2D eigenvalue weighted by molar-refractivity contribution is 6.02. The number of aliphatic imine (C=N–C) groups is 1. The quantitative estimate of drug-likeness (QED) is 0.423. The van der Waals surface area contributed by atoms with Gasteiger partial charge in [-0.1, -0.05) is 19.9 Å². The van der Waals surface area contributed by atoms with Crippen LogP contribution in [0.5, 0.6) is 0 Å². The Hall–Kier alpha value is -3.83. The average Bonchev–Trinajstić information content (AvgIpc) is 3.33. The Labute approximate surface area is 224 Å². The third-order valence-corrected chi connectivity index (χ3v) is 8.52. The molecule has 0 saturated heterocycles. The lowest BCUT2D eigenvalue weighted by atomic mass is 9.73. The lowest BCUT2D eigenvalue weighted by Gasteiger charge is -2.47. The zero-order valence-corrected chi connectivity index (χ0v) is 21.6. The molecule has 0 amide bonds. The first-order valence-corrected chi connectivity index (χ1v) is 12.9. The maximum atomic E-state index is 14.5. The highest BCUT2D eigenvalue weighted by atomic mass is 19.1. The molecule has 1 saturated carbocycles. The SMILES string of the molecule is CC1(C)[C@H]2CC[C@@]1(N1C=CN=C(c3cnc(NC[C@@H](O)CO)nc3)C1)c1nnc(-c3c(F)cccc3F)cc12. The molecule has 1 fully saturated rings. The molecule has 9 nitrogen and oxygen atoms in total. The lowest BCUT2D eigenvalue weighted by molar-refractivity contribution is 0.0543. The molecule has 1 aliphatic heterocycles. The minimum atomic E-state index is -0.897. The van der Waals surface area contributed by atoms with E-state index in [0.29, 0.717) is 12.5 Å². The van der Waals surface area contributed by atoms with Crippen molar-refractivity contribution in [1.82, 2.24) is 25.1 Å². The van der Waals surface area contributed by atoms with Gasteiger partial charge in [-0.2, -0.15) is 5.10 Å². The summed E-state index contributed by atoms with van der Waals surface area (Å²) in [4.78, 5) is 15.5. The van der Waals surface area contributed by atoms with E-state index in [4.69, 9.17) is 5.11 Å². The van der Waals surface area contributed by atoms with E-state index in [0.717, 1.165) is 35.4 Å². The predicted molar refractivity (Wildman–Crippen MR) is 141 cm³/mol. The van der Waals surface area contributed by atoms with Crippen molar-refractivity contribution in [2.75, 3.05) is 25.0 Å². The summed E-state index contributed by atoms with van der Waals surface area (Å²) in [7, 11) is 0. The van der Waals surface area contributed by atoms with Gasteiger partial charge < -0.3 is 20.4 Å². The van der Waals surface area contributed by atoms with Crippen LogP contribution in [0.1, 0.15) is 49.4 Å². The number of anilines is 1. The van der Waals surface area contributed by atoms with E-state index in [1.165, 1.54) is 18.2 Å². The summed E-state index contributed by atoms with van der Waals surface area (Å²) in [5.74, 6) is -0.811. The number of nitrogens with zero attached hydrogens (tertiary/aromatic N) is 6. The van der Waals surface area contributed by atoms with Crippen LogP contribution < -0.4 is 5.32 Å². The molecule has 2 aromatic heterocycles. The van der Waals surface area contributed by atoms with Crippen LogP contribution in [-0.2, 0) is 5.54 Å². The van der Waals surface area contributed by atoms with Crippen molar-refractivity contribution >= 4 is 11.7 Å². The lowest BCUT2D eigenvalue weighted by Crippen LogP contribution is -2.51. The largest absolute Gasteiger partial charge is 0.394 e. The molecule has 1 aromatic carbocycles. The fourth-order valence-electron chi connectivity index (χ4n) is 6.53. The van der Waals surface area contributed by atoms with Gasteiger partial charge in [0.1, 0.15) is 11.6 Å². The highest BCUT2D eigenvalue weighted by Crippen LogP contribution is 2.68. The summed E-state index contributed by atoms with van der Waals surface area (Å²) in [6.45, 7) is 4.73. The Morgan fingerprint density at radius 1 is 1.15 bits per heavy atom. The van der Waals surface area contributed by atoms with E-state index in [2.05, 4.69) is 49.2 Å². The van der Waals surface area contributed by atoms with Gasteiger partial charge in [-0.3, -0.25) is 4.99 Å². The Bertz CT molecular complexity index is 1460. The van der Waals surface area contributed by atoms with Crippen molar-refractivity contribution < 1.29 is 19.0 Å². The van der Waals surface area contributed by atoms with Crippen molar-refractivity contribution in [3.63, 3.8) is 0 Å². The Balaban J connectivity index is 1.30. The van der Waals surface area contributed by atoms with Gasteiger partial charge >= 0.3 is 0 Å². The van der Waals surface area contributed by atoms with Crippen LogP contribution in [0.3, 0.4) is 0 Å². The number of aliphatic hydroxyl groups is 2. The van der Waals surface area contributed by atoms with Gasteiger partial charge in [0.25, 0.3) is 0 Å². The monoisotopic (exact) mass is 533 g/mol. The molecular weight excluding hydrogens is 504 g/mol. The fraction of sp³-hybridized carbons (Fsp3) is 0.393. The van der Waals surface area contributed by atoms with E-state index in [1.807, 2.05) is 12.3 Å². The molecule has 0 spiro atoms. The average molecular weight is 534 g/mol. The van der Waals surface area contributed by atoms with Crippen LogP contribution in [0.25, 0.3) is 11.3 Å². The first kappa shape index (κ1) is 25.4. The summed E-state index contributed by atoms with van der Waals surface area (Å²) >= 11 is 0. The second-order valence-corrected chi connectivity index (χ2v) is 10.8. The third-order valence-electron chi connectivity index (χ3n) is 8.52. The molecule has 6 rings (SSSR count). The van der Waals surface area contributed by atoms with Crippen molar-refractivity contribution in [1.29, 1.82) is 0 Å². The molecular formula is C28H29F2N7O2. The zero-order valence-electron chi connectivity index (χ0n) is 21.6. The van der Waals surface area contributed by atoms with Gasteiger partial charge in [0.05, 0.1) is 47.5 Å². The molecule has 202 valence electrons. The molecule has 2 bridgehead atoms. The topological polar surface area (TPSA) is 120 Å². The van der Waals surface area contributed by atoms with Crippen molar-refractivity contribution in [3.8, 4) is 11.3 Å². The molecule has 0 radical (unpaired) electrons. The Morgan fingerprint density at radius 2 is 1.90 bits per heavy atom.